The Morgan fingerprint density at radius 2 is 1.91 bits per heavy atom. The van der Waals surface area contributed by atoms with Crippen molar-refractivity contribution in [2.24, 2.45) is 0 Å². The van der Waals surface area contributed by atoms with Crippen molar-refractivity contribution in [3.05, 3.63) is 46.6 Å². The van der Waals surface area contributed by atoms with Gasteiger partial charge in [-0.25, -0.2) is 0 Å². The van der Waals surface area contributed by atoms with E-state index < -0.39 is 0 Å². The van der Waals surface area contributed by atoms with Crippen LogP contribution in [0.2, 0.25) is 0 Å². The summed E-state index contributed by atoms with van der Waals surface area (Å²) >= 11 is 0. The summed E-state index contributed by atoms with van der Waals surface area (Å²) in [6, 6.07) is 8.26. The van der Waals surface area contributed by atoms with Crippen molar-refractivity contribution in [1.29, 1.82) is 0 Å². The Kier molecular flexibility index (Phi) is 4.37. The van der Waals surface area contributed by atoms with Crippen molar-refractivity contribution in [1.82, 2.24) is 4.98 Å². The third kappa shape index (κ3) is 2.96. The maximum absolute atomic E-state index is 5.63. The number of hydrogen-bond acceptors (Lipinski definition) is 4. The minimum atomic E-state index is -0.284. The molecule has 2 heterocycles. The van der Waals surface area contributed by atoms with Crippen LogP contribution in [0.3, 0.4) is 0 Å². The zero-order valence-electron chi connectivity index (χ0n) is 14.3. The molecule has 0 saturated carbocycles. The molecule has 0 radical (unpaired) electrons. The first-order chi connectivity index (χ1) is 11.0. The fourth-order valence-electron chi connectivity index (χ4n) is 2.94. The molecule has 1 aromatic carbocycles. The van der Waals surface area contributed by atoms with Crippen LogP contribution in [0.25, 0.3) is 11.3 Å². The smallest absolute Gasteiger partial charge is 0.191 e. The number of aromatic nitrogens is 1. The van der Waals surface area contributed by atoms with Gasteiger partial charge in [0.1, 0.15) is 5.75 Å². The second kappa shape index (κ2) is 6.30. The van der Waals surface area contributed by atoms with E-state index in [9.17, 15) is 0 Å². The van der Waals surface area contributed by atoms with Crippen LogP contribution in [0, 0.1) is 13.8 Å². The molecule has 1 saturated heterocycles. The highest BCUT2D eigenvalue weighted by Crippen LogP contribution is 2.36. The van der Waals surface area contributed by atoms with E-state index in [1.165, 1.54) is 5.56 Å². The van der Waals surface area contributed by atoms with Crippen LogP contribution in [0.5, 0.6) is 5.75 Å². The van der Waals surface area contributed by atoms with Crippen molar-refractivity contribution in [2.45, 2.75) is 46.7 Å². The van der Waals surface area contributed by atoms with Gasteiger partial charge in [0, 0.05) is 16.8 Å². The summed E-state index contributed by atoms with van der Waals surface area (Å²) in [7, 11) is 1.68. The quantitative estimate of drug-likeness (QED) is 0.842. The van der Waals surface area contributed by atoms with E-state index in [-0.39, 0.29) is 12.6 Å². The van der Waals surface area contributed by atoms with Gasteiger partial charge in [-0.05, 0) is 62.6 Å². The van der Waals surface area contributed by atoms with Gasteiger partial charge in [-0.2, -0.15) is 0 Å². The van der Waals surface area contributed by atoms with Crippen LogP contribution in [0.4, 0.5) is 0 Å². The largest absolute Gasteiger partial charge is 0.497 e. The number of rotatable bonds is 4. The predicted molar refractivity (Wildman–Crippen MR) is 89.5 cm³/mol. The Morgan fingerprint density at radius 1 is 1.17 bits per heavy atom. The average Bonchev–Trinajstić information content (AvgIpc) is 2.52. The third-order valence-corrected chi connectivity index (χ3v) is 4.29. The lowest BCUT2D eigenvalue weighted by atomic mass is 9.97. The van der Waals surface area contributed by atoms with E-state index in [0.29, 0.717) is 0 Å². The average molecular weight is 313 g/mol. The summed E-state index contributed by atoms with van der Waals surface area (Å²) in [5, 5.41) is 0. The highest BCUT2D eigenvalue weighted by atomic mass is 16.9. The predicted octanol–water partition coefficient (Wildman–Crippen LogP) is 4.33. The molecule has 4 heteroatoms. The van der Waals surface area contributed by atoms with Crippen molar-refractivity contribution in [3.8, 4) is 17.0 Å². The summed E-state index contributed by atoms with van der Waals surface area (Å²) in [5.41, 5.74) is 6.50. The molecule has 0 amide bonds. The number of methoxy groups -OCH3 is 1. The Balaban J connectivity index is 2.04. The molecule has 1 fully saturated rings. The minimum Gasteiger partial charge on any atom is -0.497 e. The molecule has 4 nitrogen and oxygen atoms in total. The Bertz CT molecular complexity index is 721. The second-order valence-electron chi connectivity index (χ2n) is 5.88. The summed E-state index contributed by atoms with van der Waals surface area (Å²) in [6.07, 6.45) is 0.491. The van der Waals surface area contributed by atoms with Crippen molar-refractivity contribution in [2.75, 3.05) is 7.11 Å². The number of ether oxygens (including phenoxy) is 3. The number of hydrogen-bond donors (Lipinski definition) is 0. The lowest BCUT2D eigenvalue weighted by molar-refractivity contribution is -0.382. The normalized spacial score (nSPS) is 20.2. The monoisotopic (exact) mass is 313 g/mol. The first-order valence-electron chi connectivity index (χ1n) is 7.99. The Labute approximate surface area is 137 Å². The maximum atomic E-state index is 5.63. The highest BCUT2D eigenvalue weighted by Gasteiger charge is 2.30. The van der Waals surface area contributed by atoms with Crippen LogP contribution < -0.4 is 4.74 Å². The first kappa shape index (κ1) is 16.0. The molecular weight excluding hydrogens is 290 g/mol. The molecule has 1 aliphatic rings. The highest BCUT2D eigenvalue weighted by molar-refractivity contribution is 5.68. The summed E-state index contributed by atoms with van der Waals surface area (Å²) in [4.78, 5) is 4.86. The van der Waals surface area contributed by atoms with E-state index >= 15 is 0 Å². The van der Waals surface area contributed by atoms with E-state index in [4.69, 9.17) is 19.2 Å². The van der Waals surface area contributed by atoms with Gasteiger partial charge in [0.2, 0.25) is 0 Å². The van der Waals surface area contributed by atoms with Gasteiger partial charge >= 0.3 is 0 Å². The van der Waals surface area contributed by atoms with Gasteiger partial charge in [-0.1, -0.05) is 6.92 Å². The summed E-state index contributed by atoms with van der Waals surface area (Å²) < 4.78 is 16.5. The summed E-state index contributed by atoms with van der Waals surface area (Å²) in [6.45, 7) is 8.13. The van der Waals surface area contributed by atoms with E-state index in [1.54, 1.807) is 7.11 Å². The van der Waals surface area contributed by atoms with Gasteiger partial charge < -0.3 is 14.2 Å². The zero-order chi connectivity index (χ0) is 16.6. The molecule has 3 rings (SSSR count). The number of pyridine rings is 1. The number of benzene rings is 1. The fraction of sp³-hybridized carbons (Fsp3) is 0.421. The molecule has 0 spiro atoms. The molecular formula is C19H23NO3. The molecule has 1 aromatic heterocycles. The molecule has 23 heavy (non-hydrogen) atoms. The topological polar surface area (TPSA) is 40.6 Å². The molecule has 0 N–H and O–H groups in total. The van der Waals surface area contributed by atoms with Crippen molar-refractivity contribution < 1.29 is 14.2 Å². The Hall–Kier alpha value is -1.91. The van der Waals surface area contributed by atoms with Crippen LogP contribution >= 0.6 is 0 Å². The molecule has 0 atom stereocenters. The molecule has 2 aromatic rings. The standard InChI is InChI=1S/C19H23NO3/c1-6-14-10-17(19-22-13(4)23-19)12(3)20-18(14)16-8-7-15(21-5)9-11(16)2/h7-10,13,19H,6H2,1-5H3. The molecule has 0 unspecified atom stereocenters. The Morgan fingerprint density at radius 3 is 2.48 bits per heavy atom. The van der Waals surface area contributed by atoms with Gasteiger partial charge in [0.05, 0.1) is 12.8 Å². The maximum Gasteiger partial charge on any atom is 0.191 e. The number of nitrogens with zero attached hydrogens (tertiary/aromatic N) is 1. The van der Waals surface area contributed by atoms with Gasteiger partial charge in [0.15, 0.2) is 12.6 Å². The fourth-order valence-corrected chi connectivity index (χ4v) is 2.94. The van der Waals surface area contributed by atoms with Crippen LogP contribution in [-0.4, -0.2) is 18.4 Å². The molecule has 0 aliphatic carbocycles. The van der Waals surface area contributed by atoms with Crippen LogP contribution in [0.1, 0.15) is 42.5 Å². The van der Waals surface area contributed by atoms with E-state index in [1.807, 2.05) is 26.0 Å². The lowest BCUT2D eigenvalue weighted by Crippen LogP contribution is -2.32. The van der Waals surface area contributed by atoms with Gasteiger partial charge in [-0.15, -0.1) is 0 Å². The third-order valence-electron chi connectivity index (χ3n) is 4.29. The number of aryl methyl sites for hydroxylation is 3. The van der Waals surface area contributed by atoms with Crippen LogP contribution in [-0.2, 0) is 15.9 Å². The first-order valence-corrected chi connectivity index (χ1v) is 7.99. The summed E-state index contributed by atoms with van der Waals surface area (Å²) in [5.74, 6) is 0.864. The minimum absolute atomic E-state index is 0.131. The van der Waals surface area contributed by atoms with E-state index in [2.05, 4.69) is 26.0 Å². The van der Waals surface area contributed by atoms with Crippen molar-refractivity contribution in [3.63, 3.8) is 0 Å². The molecule has 122 valence electrons. The zero-order valence-corrected chi connectivity index (χ0v) is 14.3. The SMILES string of the molecule is CCc1cc(C2OC(C)O2)c(C)nc1-c1ccc(OC)cc1C. The van der Waals surface area contributed by atoms with Gasteiger partial charge in [0.25, 0.3) is 0 Å². The van der Waals surface area contributed by atoms with E-state index in [0.717, 1.165) is 40.2 Å². The van der Waals surface area contributed by atoms with Crippen LogP contribution in [0.15, 0.2) is 24.3 Å². The lowest BCUT2D eigenvalue weighted by Gasteiger charge is -2.34. The second-order valence-corrected chi connectivity index (χ2v) is 5.88. The van der Waals surface area contributed by atoms with Crippen molar-refractivity contribution >= 4 is 0 Å². The molecule has 1 aliphatic heterocycles. The molecule has 0 bridgehead atoms. The van der Waals surface area contributed by atoms with Gasteiger partial charge in [-0.3, -0.25) is 4.98 Å².